The molecular weight excluding hydrogens is 377 g/mol. The van der Waals surface area contributed by atoms with Crippen molar-refractivity contribution < 1.29 is 9.13 Å². The first-order valence-electron chi connectivity index (χ1n) is 5.79. The van der Waals surface area contributed by atoms with Gasteiger partial charge in [-0.15, -0.1) is 0 Å². The van der Waals surface area contributed by atoms with E-state index >= 15 is 0 Å². The van der Waals surface area contributed by atoms with Crippen molar-refractivity contribution in [2.75, 3.05) is 11.9 Å². The van der Waals surface area contributed by atoms with Crippen molar-refractivity contribution in [3.8, 4) is 5.75 Å². The number of para-hydroxylation sites is 1. The molecule has 1 heterocycles. The standard InChI is InChI=1S/C14H10Br2FNO/c15-9-2-1-3-12-14(9)19-13(7-18-12)8-4-5-11(17)10(16)6-8/h1-6,13,18H,7H2. The first-order chi connectivity index (χ1) is 9.15. The van der Waals surface area contributed by atoms with Gasteiger partial charge in [-0.25, -0.2) is 4.39 Å². The van der Waals surface area contributed by atoms with E-state index in [0.717, 1.165) is 21.5 Å². The van der Waals surface area contributed by atoms with Crippen LogP contribution in [0, 0.1) is 5.82 Å². The summed E-state index contributed by atoms with van der Waals surface area (Å²) in [7, 11) is 0. The van der Waals surface area contributed by atoms with Gasteiger partial charge in [0.1, 0.15) is 11.9 Å². The van der Waals surface area contributed by atoms with Gasteiger partial charge in [0.15, 0.2) is 5.75 Å². The van der Waals surface area contributed by atoms with Gasteiger partial charge in [0.2, 0.25) is 0 Å². The summed E-state index contributed by atoms with van der Waals surface area (Å²) >= 11 is 6.67. The molecule has 0 spiro atoms. The first kappa shape index (κ1) is 12.9. The average molecular weight is 387 g/mol. The van der Waals surface area contributed by atoms with Crippen LogP contribution in [-0.4, -0.2) is 6.54 Å². The lowest BCUT2D eigenvalue weighted by Gasteiger charge is -2.28. The summed E-state index contributed by atoms with van der Waals surface area (Å²) in [6.45, 7) is 0.654. The smallest absolute Gasteiger partial charge is 0.157 e. The van der Waals surface area contributed by atoms with Crippen LogP contribution in [0.4, 0.5) is 10.1 Å². The van der Waals surface area contributed by atoms with E-state index in [1.807, 2.05) is 18.2 Å². The van der Waals surface area contributed by atoms with Crippen LogP contribution in [0.15, 0.2) is 45.3 Å². The predicted octanol–water partition coefficient (Wildman–Crippen LogP) is 4.90. The number of nitrogens with one attached hydrogen (secondary N) is 1. The summed E-state index contributed by atoms with van der Waals surface area (Å²) in [5.74, 6) is 0.522. The van der Waals surface area contributed by atoms with Crippen LogP contribution in [0.25, 0.3) is 0 Å². The second kappa shape index (κ2) is 5.13. The summed E-state index contributed by atoms with van der Waals surface area (Å²) < 4.78 is 20.6. The Morgan fingerprint density at radius 3 is 2.79 bits per heavy atom. The van der Waals surface area contributed by atoms with E-state index in [9.17, 15) is 4.39 Å². The highest BCUT2D eigenvalue weighted by molar-refractivity contribution is 9.10. The minimum Gasteiger partial charge on any atom is -0.481 e. The largest absolute Gasteiger partial charge is 0.481 e. The molecule has 0 fully saturated rings. The molecule has 19 heavy (non-hydrogen) atoms. The summed E-state index contributed by atoms with van der Waals surface area (Å²) in [6, 6.07) is 10.8. The molecule has 0 saturated heterocycles. The normalized spacial score (nSPS) is 17.3. The van der Waals surface area contributed by atoms with Crippen molar-refractivity contribution in [3.63, 3.8) is 0 Å². The number of hydrogen-bond acceptors (Lipinski definition) is 2. The molecule has 0 aliphatic carbocycles. The Morgan fingerprint density at radius 1 is 1.16 bits per heavy atom. The van der Waals surface area contributed by atoms with Crippen molar-refractivity contribution in [1.82, 2.24) is 0 Å². The van der Waals surface area contributed by atoms with E-state index < -0.39 is 0 Å². The fraction of sp³-hybridized carbons (Fsp3) is 0.143. The lowest BCUT2D eigenvalue weighted by Crippen LogP contribution is -2.23. The highest BCUT2D eigenvalue weighted by atomic mass is 79.9. The Bertz CT molecular complexity index is 633. The van der Waals surface area contributed by atoms with Gasteiger partial charge >= 0.3 is 0 Å². The number of fused-ring (bicyclic) bond motifs is 1. The SMILES string of the molecule is Fc1ccc(C2CNc3cccc(Br)c3O2)cc1Br. The van der Waals surface area contributed by atoms with E-state index in [1.54, 1.807) is 12.1 Å². The van der Waals surface area contributed by atoms with Crippen molar-refractivity contribution in [3.05, 3.63) is 56.7 Å². The summed E-state index contributed by atoms with van der Waals surface area (Å²) in [6.07, 6.45) is -0.136. The van der Waals surface area contributed by atoms with Crippen LogP contribution in [0.1, 0.15) is 11.7 Å². The molecule has 2 aromatic rings. The van der Waals surface area contributed by atoms with Crippen LogP contribution >= 0.6 is 31.9 Å². The van der Waals surface area contributed by atoms with Crippen molar-refractivity contribution in [1.29, 1.82) is 0 Å². The lowest BCUT2D eigenvalue weighted by atomic mass is 10.1. The second-order valence-electron chi connectivity index (χ2n) is 4.28. The second-order valence-corrected chi connectivity index (χ2v) is 5.99. The molecule has 0 amide bonds. The molecule has 0 aromatic heterocycles. The van der Waals surface area contributed by atoms with Crippen molar-refractivity contribution in [2.24, 2.45) is 0 Å². The number of hydrogen-bond donors (Lipinski definition) is 1. The van der Waals surface area contributed by atoms with E-state index in [0.29, 0.717) is 11.0 Å². The van der Waals surface area contributed by atoms with Gasteiger partial charge in [-0.2, -0.15) is 0 Å². The molecule has 1 aliphatic heterocycles. The number of halogens is 3. The molecule has 0 radical (unpaired) electrons. The zero-order valence-corrected chi connectivity index (χ0v) is 13.0. The summed E-state index contributed by atoms with van der Waals surface area (Å²) in [5.41, 5.74) is 1.90. The first-order valence-corrected chi connectivity index (χ1v) is 7.38. The molecule has 0 saturated carbocycles. The van der Waals surface area contributed by atoms with Crippen LogP contribution in [-0.2, 0) is 0 Å². The fourth-order valence-corrected chi connectivity index (χ4v) is 2.91. The molecule has 1 unspecified atom stereocenters. The maximum atomic E-state index is 13.3. The minimum absolute atomic E-state index is 0.136. The molecule has 1 atom stereocenters. The molecule has 3 rings (SSSR count). The van der Waals surface area contributed by atoms with E-state index in [1.165, 1.54) is 6.07 Å². The third kappa shape index (κ3) is 2.49. The molecular formula is C14H10Br2FNO. The van der Waals surface area contributed by atoms with Crippen LogP contribution in [0.5, 0.6) is 5.75 Å². The number of ether oxygens (including phenoxy) is 1. The maximum Gasteiger partial charge on any atom is 0.157 e. The molecule has 0 bridgehead atoms. The Balaban J connectivity index is 1.93. The Hall–Kier alpha value is -1.07. The van der Waals surface area contributed by atoms with Crippen LogP contribution < -0.4 is 10.1 Å². The predicted molar refractivity (Wildman–Crippen MR) is 80.1 cm³/mol. The van der Waals surface area contributed by atoms with Crippen molar-refractivity contribution in [2.45, 2.75) is 6.10 Å². The zero-order valence-electron chi connectivity index (χ0n) is 9.79. The monoisotopic (exact) mass is 385 g/mol. The van der Waals surface area contributed by atoms with Crippen LogP contribution in [0.2, 0.25) is 0 Å². The van der Waals surface area contributed by atoms with E-state index in [4.69, 9.17) is 4.74 Å². The van der Waals surface area contributed by atoms with Gasteiger partial charge in [0.05, 0.1) is 21.2 Å². The van der Waals surface area contributed by atoms with E-state index in [-0.39, 0.29) is 11.9 Å². The highest BCUT2D eigenvalue weighted by Crippen LogP contribution is 2.40. The van der Waals surface area contributed by atoms with E-state index in [2.05, 4.69) is 37.2 Å². The minimum atomic E-state index is -0.269. The summed E-state index contributed by atoms with van der Waals surface area (Å²) in [5, 5.41) is 3.32. The van der Waals surface area contributed by atoms with Crippen molar-refractivity contribution >= 4 is 37.5 Å². The zero-order chi connectivity index (χ0) is 13.4. The fourth-order valence-electron chi connectivity index (χ4n) is 2.05. The van der Waals surface area contributed by atoms with Gasteiger partial charge in [0.25, 0.3) is 0 Å². The van der Waals surface area contributed by atoms with Gasteiger partial charge in [0, 0.05) is 0 Å². The van der Waals surface area contributed by atoms with Gasteiger partial charge in [-0.05, 0) is 61.7 Å². The molecule has 2 nitrogen and oxygen atoms in total. The number of anilines is 1. The topological polar surface area (TPSA) is 21.3 Å². The Kier molecular flexibility index (Phi) is 3.50. The molecule has 1 N–H and O–H groups in total. The third-order valence-electron chi connectivity index (χ3n) is 3.02. The highest BCUT2D eigenvalue weighted by Gasteiger charge is 2.23. The third-order valence-corrected chi connectivity index (χ3v) is 4.25. The number of benzene rings is 2. The Labute approximate surface area is 127 Å². The quantitative estimate of drug-likeness (QED) is 0.752. The molecule has 98 valence electrons. The number of rotatable bonds is 1. The molecule has 1 aliphatic rings. The van der Waals surface area contributed by atoms with Gasteiger partial charge < -0.3 is 10.1 Å². The molecule has 2 aromatic carbocycles. The average Bonchev–Trinajstić information content (AvgIpc) is 2.42. The maximum absolute atomic E-state index is 13.3. The van der Waals surface area contributed by atoms with Gasteiger partial charge in [-0.3, -0.25) is 0 Å². The Morgan fingerprint density at radius 2 is 2.00 bits per heavy atom. The van der Waals surface area contributed by atoms with Gasteiger partial charge in [-0.1, -0.05) is 12.1 Å². The lowest BCUT2D eigenvalue weighted by molar-refractivity contribution is 0.209. The van der Waals surface area contributed by atoms with Crippen LogP contribution in [0.3, 0.4) is 0 Å². The molecule has 5 heteroatoms. The summed E-state index contributed by atoms with van der Waals surface area (Å²) in [4.78, 5) is 0.